The second kappa shape index (κ2) is 11.0. The molecule has 0 aliphatic heterocycles. The summed E-state index contributed by atoms with van der Waals surface area (Å²) in [6.07, 6.45) is -12.4. The zero-order chi connectivity index (χ0) is 16.2. The summed E-state index contributed by atoms with van der Waals surface area (Å²) in [6, 6.07) is 0. The molecule has 0 spiro atoms. The molecule has 11 heteroatoms. The molecule has 0 aliphatic carbocycles. The fraction of sp³-hybridized carbons (Fsp3) is 0.500. The monoisotopic (exact) mass is 298 g/mol. The molecule has 0 aromatic carbocycles. The maximum atomic E-state index is 11.4. The fourth-order valence-electron chi connectivity index (χ4n) is 0.218. The van der Waals surface area contributed by atoms with Gasteiger partial charge in [-0.2, -0.15) is 13.2 Å². The van der Waals surface area contributed by atoms with E-state index in [1.807, 2.05) is 0 Å². The van der Waals surface area contributed by atoms with Gasteiger partial charge < -0.3 is 20.1 Å². The third-order valence-corrected chi connectivity index (χ3v) is 0.917. The van der Waals surface area contributed by atoms with Crippen molar-refractivity contribution in [3.63, 3.8) is 0 Å². The molecule has 3 N–H and O–H groups in total. The Balaban J connectivity index is -0.000000238. The van der Waals surface area contributed by atoms with Crippen LogP contribution in [0.4, 0.5) is 31.5 Å². The van der Waals surface area contributed by atoms with Gasteiger partial charge in [0.2, 0.25) is 0 Å². The van der Waals surface area contributed by atoms with Crippen LogP contribution in [-0.2, 0) is 4.74 Å². The molecule has 6 nitrogen and oxygen atoms in total. The first-order valence-electron chi connectivity index (χ1n) is 4.13. The largest absolute Gasteiger partial charge is 0.506 e. The van der Waals surface area contributed by atoms with Gasteiger partial charge >= 0.3 is 18.5 Å². The van der Waals surface area contributed by atoms with Gasteiger partial charge in [-0.1, -0.05) is 6.58 Å². The third-order valence-electron chi connectivity index (χ3n) is 0.917. The quantitative estimate of drug-likeness (QED) is 0.410. The number of ether oxygens (including phenoxy) is 1. The summed E-state index contributed by atoms with van der Waals surface area (Å²) < 4.78 is 59.0. The summed E-state index contributed by atoms with van der Waals surface area (Å²) in [7, 11) is 0. The molecule has 0 amide bonds. The van der Waals surface area contributed by atoms with Crippen LogP contribution >= 0.6 is 0 Å². The van der Waals surface area contributed by atoms with Crippen LogP contribution in [0.1, 0.15) is 6.92 Å². The van der Waals surface area contributed by atoms with Crippen LogP contribution in [-0.4, -0.2) is 46.3 Å². The maximum Gasteiger partial charge on any atom is 0.506 e. The molecule has 1 unspecified atom stereocenters. The van der Waals surface area contributed by atoms with Crippen molar-refractivity contribution >= 4 is 12.3 Å². The highest BCUT2D eigenvalue weighted by molar-refractivity contribution is 5.57. The molecule has 0 rings (SSSR count). The van der Waals surface area contributed by atoms with Crippen molar-refractivity contribution in [3.8, 4) is 0 Å². The van der Waals surface area contributed by atoms with E-state index in [-0.39, 0.29) is 0 Å². The van der Waals surface area contributed by atoms with Crippen LogP contribution in [0.3, 0.4) is 0 Å². The van der Waals surface area contributed by atoms with Crippen LogP contribution < -0.4 is 0 Å². The summed E-state index contributed by atoms with van der Waals surface area (Å²) in [5.74, 6) is 0. The molecule has 0 saturated heterocycles. The van der Waals surface area contributed by atoms with E-state index >= 15 is 0 Å². The van der Waals surface area contributed by atoms with Gasteiger partial charge in [-0.15, -0.1) is 0 Å². The van der Waals surface area contributed by atoms with Crippen molar-refractivity contribution in [2.45, 2.75) is 25.6 Å². The smallest absolute Gasteiger partial charge is 0.450 e. The molecular weight excluding hydrogens is 287 g/mol. The summed E-state index contributed by atoms with van der Waals surface area (Å²) in [4.78, 5) is 18.1. The Labute approximate surface area is 103 Å². The highest BCUT2D eigenvalue weighted by Crippen LogP contribution is 2.21. The second-order valence-corrected chi connectivity index (χ2v) is 2.42. The number of carboxylic acid groups (broad SMARTS) is 3. The minimum absolute atomic E-state index is 0.583. The Morgan fingerprint density at radius 3 is 1.53 bits per heavy atom. The first kappa shape index (κ1) is 22.1. The van der Waals surface area contributed by atoms with Crippen molar-refractivity contribution in [2.75, 3.05) is 0 Å². The lowest BCUT2D eigenvalue weighted by Crippen LogP contribution is -2.30. The molecule has 0 saturated carbocycles. The highest BCUT2D eigenvalue weighted by atomic mass is 19.4. The van der Waals surface area contributed by atoms with Crippen molar-refractivity contribution in [1.82, 2.24) is 0 Å². The van der Waals surface area contributed by atoms with Crippen molar-refractivity contribution in [2.24, 2.45) is 0 Å². The summed E-state index contributed by atoms with van der Waals surface area (Å²) in [5, 5.41) is 21.7. The predicted molar refractivity (Wildman–Crippen MR) is 51.5 cm³/mol. The molecule has 0 radical (unpaired) electrons. The highest BCUT2D eigenvalue weighted by Gasteiger charge is 2.39. The topological polar surface area (TPSA) is 104 Å². The standard InChI is InChI=1S/C4H5F3O3.C3H4F2.CH2O3/c1-2(4(5,6)7)10-3(8)9;1-2-3(4)5;2-1(3)4/h2H,1H3,(H,8,9);2-3H,1H2;(H2,2,3,4). The van der Waals surface area contributed by atoms with Gasteiger partial charge in [-0.3, -0.25) is 0 Å². The molecular formula is C8H11F5O6. The predicted octanol–water partition coefficient (Wildman–Crippen LogP) is 3.29. The third kappa shape index (κ3) is 31.3. The normalized spacial score (nSPS) is 11.1. The maximum absolute atomic E-state index is 11.4. The number of rotatable bonds is 2. The molecule has 19 heavy (non-hydrogen) atoms. The average molecular weight is 298 g/mol. The molecule has 0 bridgehead atoms. The van der Waals surface area contributed by atoms with E-state index in [0.29, 0.717) is 13.0 Å². The molecule has 114 valence electrons. The number of allylic oxidation sites excluding steroid dienone is 1. The van der Waals surface area contributed by atoms with Crippen molar-refractivity contribution < 1.29 is 51.6 Å². The van der Waals surface area contributed by atoms with Gasteiger partial charge in [-0.25, -0.2) is 18.4 Å². The number of carbonyl (C=O) groups is 2. The van der Waals surface area contributed by atoms with Crippen LogP contribution in [0.5, 0.6) is 0 Å². The molecule has 0 fully saturated rings. The number of hydrogen-bond acceptors (Lipinski definition) is 3. The second-order valence-electron chi connectivity index (χ2n) is 2.42. The van der Waals surface area contributed by atoms with E-state index in [9.17, 15) is 26.7 Å². The number of hydrogen-bond donors (Lipinski definition) is 3. The molecule has 1 atom stereocenters. The number of halogens is 5. The van der Waals surface area contributed by atoms with E-state index in [2.05, 4.69) is 11.3 Å². The minimum Gasteiger partial charge on any atom is -0.450 e. The van der Waals surface area contributed by atoms with Gasteiger partial charge in [0.05, 0.1) is 0 Å². The fourth-order valence-corrected chi connectivity index (χ4v) is 0.218. The number of alkyl halides is 5. The zero-order valence-electron chi connectivity index (χ0n) is 9.40. The van der Waals surface area contributed by atoms with E-state index in [1.165, 1.54) is 0 Å². The molecule has 0 heterocycles. The van der Waals surface area contributed by atoms with Gasteiger partial charge in [0.15, 0.2) is 6.10 Å². The van der Waals surface area contributed by atoms with Crippen LogP contribution in [0.25, 0.3) is 0 Å². The zero-order valence-corrected chi connectivity index (χ0v) is 9.40. The molecule has 0 aromatic heterocycles. The Hall–Kier alpha value is -2.07. The SMILES string of the molecule is C=CC(F)F.CC(OC(=O)O)C(F)(F)F.O=C(O)O. The van der Waals surface area contributed by atoms with Crippen molar-refractivity contribution in [1.29, 1.82) is 0 Å². The van der Waals surface area contributed by atoms with E-state index in [4.69, 9.17) is 20.1 Å². The van der Waals surface area contributed by atoms with Crippen LogP contribution in [0.15, 0.2) is 12.7 Å². The van der Waals surface area contributed by atoms with E-state index in [0.717, 1.165) is 0 Å². The lowest BCUT2D eigenvalue weighted by molar-refractivity contribution is -0.201. The van der Waals surface area contributed by atoms with Gasteiger partial charge in [0.1, 0.15) is 0 Å². The van der Waals surface area contributed by atoms with Gasteiger partial charge in [0, 0.05) is 0 Å². The first-order chi connectivity index (χ1) is 8.34. The summed E-state index contributed by atoms with van der Waals surface area (Å²) >= 11 is 0. The lowest BCUT2D eigenvalue weighted by Gasteiger charge is -2.13. The van der Waals surface area contributed by atoms with Crippen LogP contribution in [0, 0.1) is 0 Å². The summed E-state index contributed by atoms with van der Waals surface area (Å²) in [5.41, 5.74) is 0. The Morgan fingerprint density at radius 1 is 1.21 bits per heavy atom. The van der Waals surface area contributed by atoms with Gasteiger partial charge in [-0.05, 0) is 13.0 Å². The minimum atomic E-state index is -4.61. The molecule has 0 aliphatic rings. The van der Waals surface area contributed by atoms with E-state index in [1.54, 1.807) is 0 Å². The van der Waals surface area contributed by atoms with Crippen molar-refractivity contribution in [3.05, 3.63) is 12.7 Å². The first-order valence-corrected chi connectivity index (χ1v) is 4.13. The van der Waals surface area contributed by atoms with Crippen LogP contribution in [0.2, 0.25) is 0 Å². The average Bonchev–Trinajstić information content (AvgIpc) is 2.15. The van der Waals surface area contributed by atoms with E-state index < -0.39 is 31.0 Å². The Morgan fingerprint density at radius 2 is 1.47 bits per heavy atom. The lowest BCUT2D eigenvalue weighted by atomic mass is 10.4. The molecule has 0 aromatic rings. The summed E-state index contributed by atoms with van der Waals surface area (Å²) in [6.45, 7) is 3.43. The van der Waals surface area contributed by atoms with Gasteiger partial charge in [0.25, 0.3) is 6.43 Å². The Kier molecular flexibility index (Phi) is 12.9. The Bertz CT molecular complexity index is 273.